The highest BCUT2D eigenvalue weighted by Crippen LogP contribution is 2.13. The number of benzene rings is 2. The Morgan fingerprint density at radius 1 is 0.913 bits per heavy atom. The second-order valence-electron chi connectivity index (χ2n) is 5.00. The molecule has 23 heavy (non-hydrogen) atoms. The summed E-state index contributed by atoms with van der Waals surface area (Å²) < 4.78 is 11.3. The fourth-order valence-electron chi connectivity index (χ4n) is 2.36. The molecule has 0 aromatic heterocycles. The Balaban J connectivity index is 2.71. The third-order valence-corrected chi connectivity index (χ3v) is 6.55. The molecule has 2 aromatic rings. The van der Waals surface area contributed by atoms with Gasteiger partial charge in [0.15, 0.2) is 0 Å². The molecule has 5 heteroatoms. The van der Waals surface area contributed by atoms with Gasteiger partial charge in [-0.1, -0.05) is 61.2 Å². The first-order valence-corrected chi connectivity index (χ1v) is 8.97. The van der Waals surface area contributed by atoms with Crippen molar-refractivity contribution < 1.29 is 18.4 Å². The van der Waals surface area contributed by atoms with Crippen molar-refractivity contribution in [3.8, 4) is 0 Å². The molecule has 0 aliphatic carbocycles. The van der Waals surface area contributed by atoms with E-state index in [2.05, 4.69) is 6.58 Å². The summed E-state index contributed by atoms with van der Waals surface area (Å²) in [5.41, 5.74) is 0.856. The normalized spacial score (nSPS) is 10.7. The number of rotatable bonds is 5. The Bertz CT molecular complexity index is 709. The minimum atomic E-state index is -3.47. The summed E-state index contributed by atoms with van der Waals surface area (Å²) in [5.74, 6) is -0.989. The zero-order chi connectivity index (χ0) is 16.9. The predicted octanol–water partition coefficient (Wildman–Crippen LogP) is 2.01. The van der Waals surface area contributed by atoms with Gasteiger partial charge in [0.2, 0.25) is 0 Å². The zero-order valence-electron chi connectivity index (χ0n) is 13.1. The number of hydrogen-bond acceptors (Lipinski definition) is 4. The van der Waals surface area contributed by atoms with Gasteiger partial charge < -0.3 is 8.85 Å². The van der Waals surface area contributed by atoms with Crippen molar-refractivity contribution in [1.29, 1.82) is 0 Å². The molecule has 0 saturated carbocycles. The Kier molecular flexibility index (Phi) is 5.13. The van der Waals surface area contributed by atoms with Crippen LogP contribution in [0.1, 0.15) is 19.4 Å². The number of carbonyl (C=O) groups is 2. The van der Waals surface area contributed by atoms with Crippen LogP contribution in [0, 0.1) is 0 Å². The smallest absolute Gasteiger partial charge is 0.479 e. The Morgan fingerprint density at radius 2 is 1.48 bits per heavy atom. The SMILES string of the molecule is C=Cc1cccc([Si](OC(C)=O)(OC(C)=O)c2ccccc2)c1. The van der Waals surface area contributed by atoms with Crippen molar-refractivity contribution >= 4 is 36.9 Å². The Hall–Kier alpha value is -2.66. The lowest BCUT2D eigenvalue weighted by Crippen LogP contribution is -2.64. The van der Waals surface area contributed by atoms with E-state index in [9.17, 15) is 9.59 Å². The highest BCUT2D eigenvalue weighted by Gasteiger charge is 2.49. The topological polar surface area (TPSA) is 52.6 Å². The molecule has 0 atom stereocenters. The molecule has 0 N–H and O–H groups in total. The van der Waals surface area contributed by atoms with Gasteiger partial charge in [-0.2, -0.15) is 0 Å². The van der Waals surface area contributed by atoms with Crippen LogP contribution in [0.3, 0.4) is 0 Å². The average Bonchev–Trinajstić information content (AvgIpc) is 2.54. The van der Waals surface area contributed by atoms with Crippen molar-refractivity contribution in [2.24, 2.45) is 0 Å². The highest BCUT2D eigenvalue weighted by atomic mass is 28.4. The minimum Gasteiger partial charge on any atom is -0.479 e. The van der Waals surface area contributed by atoms with Gasteiger partial charge in [0.1, 0.15) is 0 Å². The first-order valence-electron chi connectivity index (χ1n) is 7.15. The van der Waals surface area contributed by atoms with Crippen LogP contribution in [-0.2, 0) is 18.4 Å². The van der Waals surface area contributed by atoms with Gasteiger partial charge in [0.05, 0.1) is 0 Å². The van der Waals surface area contributed by atoms with Crippen molar-refractivity contribution in [3.63, 3.8) is 0 Å². The second kappa shape index (κ2) is 7.06. The van der Waals surface area contributed by atoms with Gasteiger partial charge in [0, 0.05) is 24.2 Å². The van der Waals surface area contributed by atoms with Crippen LogP contribution in [0.15, 0.2) is 61.2 Å². The third-order valence-electron chi connectivity index (χ3n) is 3.23. The quantitative estimate of drug-likeness (QED) is 0.789. The summed E-state index contributed by atoms with van der Waals surface area (Å²) >= 11 is 0. The second-order valence-corrected chi connectivity index (χ2v) is 7.80. The number of carbonyl (C=O) groups excluding carboxylic acids is 2. The first-order chi connectivity index (χ1) is 11.0. The van der Waals surface area contributed by atoms with Gasteiger partial charge >= 0.3 is 8.56 Å². The molecule has 0 aliphatic rings. The summed E-state index contributed by atoms with van der Waals surface area (Å²) in [7, 11) is -3.47. The maximum Gasteiger partial charge on any atom is 0.535 e. The maximum absolute atomic E-state index is 11.7. The van der Waals surface area contributed by atoms with E-state index >= 15 is 0 Å². The van der Waals surface area contributed by atoms with Crippen LogP contribution >= 0.6 is 0 Å². The molecule has 118 valence electrons. The monoisotopic (exact) mass is 326 g/mol. The molecule has 0 amide bonds. The van der Waals surface area contributed by atoms with Crippen LogP contribution < -0.4 is 10.4 Å². The van der Waals surface area contributed by atoms with Crippen LogP contribution in [0.25, 0.3) is 6.08 Å². The molecule has 2 rings (SSSR count). The molecule has 0 saturated heterocycles. The van der Waals surface area contributed by atoms with E-state index in [1.807, 2.05) is 36.4 Å². The Labute approximate surface area is 136 Å². The molecule has 0 unspecified atom stereocenters. The van der Waals surface area contributed by atoms with Crippen LogP contribution in [-0.4, -0.2) is 20.5 Å². The van der Waals surface area contributed by atoms with Crippen molar-refractivity contribution in [2.75, 3.05) is 0 Å². The van der Waals surface area contributed by atoms with E-state index in [0.717, 1.165) is 5.56 Å². The molecular weight excluding hydrogens is 308 g/mol. The van der Waals surface area contributed by atoms with E-state index in [1.165, 1.54) is 13.8 Å². The number of hydrogen-bond donors (Lipinski definition) is 0. The summed E-state index contributed by atoms with van der Waals surface area (Å²) in [4.78, 5) is 23.5. The summed E-state index contributed by atoms with van der Waals surface area (Å²) in [6, 6.07) is 16.4. The molecule has 0 heterocycles. The summed E-state index contributed by atoms with van der Waals surface area (Å²) in [5, 5.41) is 1.36. The van der Waals surface area contributed by atoms with E-state index in [4.69, 9.17) is 8.85 Å². The van der Waals surface area contributed by atoms with Crippen molar-refractivity contribution in [1.82, 2.24) is 0 Å². The van der Waals surface area contributed by atoms with E-state index in [0.29, 0.717) is 10.4 Å². The lowest BCUT2D eigenvalue weighted by atomic mass is 10.2. The summed E-state index contributed by atoms with van der Waals surface area (Å²) in [6.45, 7) is 6.37. The lowest BCUT2D eigenvalue weighted by molar-refractivity contribution is -0.138. The molecule has 4 nitrogen and oxygen atoms in total. The molecular formula is C18H18O4Si. The largest absolute Gasteiger partial charge is 0.535 e. The third kappa shape index (κ3) is 3.76. The zero-order valence-corrected chi connectivity index (χ0v) is 14.1. The highest BCUT2D eigenvalue weighted by molar-refractivity contribution is 6.94. The molecule has 0 bridgehead atoms. The molecule has 0 spiro atoms. The van der Waals surface area contributed by atoms with Crippen LogP contribution in [0.5, 0.6) is 0 Å². The van der Waals surface area contributed by atoms with Gasteiger partial charge in [0.25, 0.3) is 11.9 Å². The molecule has 2 aromatic carbocycles. The first kappa shape index (κ1) is 16.7. The van der Waals surface area contributed by atoms with Crippen molar-refractivity contribution in [2.45, 2.75) is 13.8 Å². The molecule has 0 radical (unpaired) electrons. The molecule has 0 aliphatic heterocycles. The lowest BCUT2D eigenvalue weighted by Gasteiger charge is -2.29. The van der Waals surface area contributed by atoms with E-state index in [-0.39, 0.29) is 0 Å². The van der Waals surface area contributed by atoms with Gasteiger partial charge in [-0.05, 0) is 11.6 Å². The standard InChI is InChI=1S/C18H18O4Si/c1-4-16-9-8-12-18(13-16)23(21-14(2)19,22-15(3)20)17-10-6-5-7-11-17/h4-13H,1H2,2-3H3. The Morgan fingerprint density at radius 3 is 2.00 bits per heavy atom. The minimum absolute atomic E-state index is 0.495. The van der Waals surface area contributed by atoms with Gasteiger partial charge in [-0.15, -0.1) is 0 Å². The van der Waals surface area contributed by atoms with Crippen molar-refractivity contribution in [3.05, 3.63) is 66.7 Å². The van der Waals surface area contributed by atoms with Crippen LogP contribution in [0.4, 0.5) is 0 Å². The maximum atomic E-state index is 11.7. The van der Waals surface area contributed by atoms with E-state index < -0.39 is 20.5 Å². The summed E-state index contributed by atoms with van der Waals surface area (Å²) in [6.07, 6.45) is 1.69. The van der Waals surface area contributed by atoms with Gasteiger partial charge in [-0.3, -0.25) is 9.59 Å². The van der Waals surface area contributed by atoms with Gasteiger partial charge in [-0.25, -0.2) is 0 Å². The predicted molar refractivity (Wildman–Crippen MR) is 91.5 cm³/mol. The fourth-order valence-corrected chi connectivity index (χ4v) is 5.32. The fraction of sp³-hybridized carbons (Fsp3) is 0.111. The average molecular weight is 326 g/mol. The molecule has 0 fully saturated rings. The van der Waals surface area contributed by atoms with E-state index in [1.54, 1.807) is 24.3 Å². The van der Waals surface area contributed by atoms with Crippen LogP contribution in [0.2, 0.25) is 0 Å².